The number of hydrogen-bond donors (Lipinski definition) is 3. The molecular weight excluding hydrogens is 334 g/mol. The second kappa shape index (κ2) is 6.67. The van der Waals surface area contributed by atoms with Gasteiger partial charge >= 0.3 is 5.97 Å². The van der Waals surface area contributed by atoms with Crippen molar-refractivity contribution < 1.29 is 14.6 Å². The number of carboxylic acids is 1. The van der Waals surface area contributed by atoms with E-state index < -0.39 is 5.97 Å². The van der Waals surface area contributed by atoms with Gasteiger partial charge in [0.05, 0.1) is 25.3 Å². The third-order valence-electron chi connectivity index (χ3n) is 4.51. The molecule has 0 spiro atoms. The van der Waals surface area contributed by atoms with Gasteiger partial charge in [-0.25, -0.2) is 4.79 Å². The van der Waals surface area contributed by atoms with Crippen LogP contribution in [0, 0.1) is 11.8 Å². The number of aromatic carboxylic acids is 1. The SMILES string of the molecule is O=C(O)c1c[nH]c2c(=O)[nH]c3ccc(C#CCN4CCOCC4)cc3c12. The molecule has 1 fully saturated rings. The molecule has 1 aliphatic rings. The van der Waals surface area contributed by atoms with Gasteiger partial charge in [-0.1, -0.05) is 11.8 Å². The third-order valence-corrected chi connectivity index (χ3v) is 4.51. The predicted octanol–water partition coefficient (Wildman–Crippen LogP) is 1.39. The maximum absolute atomic E-state index is 12.1. The van der Waals surface area contributed by atoms with Gasteiger partial charge < -0.3 is 19.8 Å². The van der Waals surface area contributed by atoms with Crippen LogP contribution in [-0.4, -0.2) is 58.8 Å². The molecule has 7 heteroatoms. The molecule has 1 aliphatic heterocycles. The highest BCUT2D eigenvalue weighted by molar-refractivity contribution is 6.14. The average molecular weight is 351 g/mol. The van der Waals surface area contributed by atoms with Crippen molar-refractivity contribution in [3.8, 4) is 11.8 Å². The van der Waals surface area contributed by atoms with E-state index in [-0.39, 0.29) is 16.6 Å². The molecule has 0 amide bonds. The fourth-order valence-electron chi connectivity index (χ4n) is 3.19. The summed E-state index contributed by atoms with van der Waals surface area (Å²) in [6.07, 6.45) is 1.35. The Labute approximate surface area is 148 Å². The Morgan fingerprint density at radius 2 is 2.12 bits per heavy atom. The molecule has 132 valence electrons. The summed E-state index contributed by atoms with van der Waals surface area (Å²) in [5.74, 6) is 5.20. The van der Waals surface area contributed by atoms with Crippen LogP contribution in [0.1, 0.15) is 15.9 Å². The summed E-state index contributed by atoms with van der Waals surface area (Å²) >= 11 is 0. The number of aromatic amines is 2. The van der Waals surface area contributed by atoms with E-state index in [1.807, 2.05) is 12.1 Å². The normalized spacial score (nSPS) is 15.1. The van der Waals surface area contributed by atoms with E-state index in [1.165, 1.54) is 6.20 Å². The van der Waals surface area contributed by atoms with Gasteiger partial charge in [-0.05, 0) is 18.2 Å². The molecule has 1 saturated heterocycles. The molecule has 0 aliphatic carbocycles. The Hall–Kier alpha value is -3.08. The van der Waals surface area contributed by atoms with Gasteiger partial charge in [0.1, 0.15) is 5.52 Å². The zero-order valence-corrected chi connectivity index (χ0v) is 14.0. The first-order valence-electron chi connectivity index (χ1n) is 8.33. The van der Waals surface area contributed by atoms with Crippen molar-refractivity contribution in [2.75, 3.05) is 32.8 Å². The Morgan fingerprint density at radius 3 is 2.88 bits per heavy atom. The highest BCUT2D eigenvalue weighted by Crippen LogP contribution is 2.25. The van der Waals surface area contributed by atoms with E-state index in [1.54, 1.807) is 6.07 Å². The first-order chi connectivity index (χ1) is 12.6. The number of nitrogens with one attached hydrogen (secondary N) is 2. The molecule has 2 aromatic heterocycles. The van der Waals surface area contributed by atoms with Gasteiger partial charge in [0.15, 0.2) is 0 Å². The van der Waals surface area contributed by atoms with Crippen molar-refractivity contribution in [3.05, 3.63) is 45.9 Å². The van der Waals surface area contributed by atoms with Gasteiger partial charge in [0.25, 0.3) is 5.56 Å². The summed E-state index contributed by atoms with van der Waals surface area (Å²) in [6, 6.07) is 5.40. The molecule has 0 unspecified atom stereocenters. The predicted molar refractivity (Wildman–Crippen MR) is 97.5 cm³/mol. The molecule has 0 radical (unpaired) electrons. The zero-order chi connectivity index (χ0) is 18.1. The Kier molecular flexibility index (Phi) is 4.21. The van der Waals surface area contributed by atoms with Gasteiger partial charge in [0, 0.05) is 41.1 Å². The molecule has 3 heterocycles. The topological polar surface area (TPSA) is 98.4 Å². The number of pyridine rings is 1. The maximum atomic E-state index is 12.1. The summed E-state index contributed by atoms with van der Waals surface area (Å²) in [6.45, 7) is 3.87. The number of benzene rings is 1. The minimum Gasteiger partial charge on any atom is -0.478 e. The molecule has 3 N–H and O–H groups in total. The number of hydrogen-bond acceptors (Lipinski definition) is 4. The Balaban J connectivity index is 1.75. The lowest BCUT2D eigenvalue weighted by Crippen LogP contribution is -2.36. The molecular formula is C19H17N3O4. The monoisotopic (exact) mass is 351 g/mol. The minimum absolute atomic E-state index is 0.0783. The van der Waals surface area contributed by atoms with E-state index in [2.05, 4.69) is 26.7 Å². The van der Waals surface area contributed by atoms with Crippen molar-refractivity contribution >= 4 is 27.8 Å². The van der Waals surface area contributed by atoms with Crippen molar-refractivity contribution in [1.82, 2.24) is 14.9 Å². The maximum Gasteiger partial charge on any atom is 0.337 e. The van der Waals surface area contributed by atoms with Crippen LogP contribution >= 0.6 is 0 Å². The number of aromatic nitrogens is 2. The van der Waals surface area contributed by atoms with Crippen LogP contribution in [0.15, 0.2) is 29.2 Å². The summed E-state index contributed by atoms with van der Waals surface area (Å²) < 4.78 is 5.32. The molecule has 4 rings (SSSR count). The largest absolute Gasteiger partial charge is 0.478 e. The van der Waals surface area contributed by atoms with E-state index in [9.17, 15) is 14.7 Å². The highest BCUT2D eigenvalue weighted by atomic mass is 16.5. The summed E-state index contributed by atoms with van der Waals surface area (Å²) in [7, 11) is 0. The van der Waals surface area contributed by atoms with Gasteiger partial charge in [-0.2, -0.15) is 0 Å². The van der Waals surface area contributed by atoms with Crippen molar-refractivity contribution in [2.45, 2.75) is 0 Å². The minimum atomic E-state index is -1.08. The van der Waals surface area contributed by atoms with Crippen LogP contribution in [0.2, 0.25) is 0 Å². The second-order valence-electron chi connectivity index (χ2n) is 6.16. The van der Waals surface area contributed by atoms with Gasteiger partial charge in [-0.3, -0.25) is 9.69 Å². The zero-order valence-electron chi connectivity index (χ0n) is 14.0. The molecule has 7 nitrogen and oxygen atoms in total. The van der Waals surface area contributed by atoms with Crippen molar-refractivity contribution in [3.63, 3.8) is 0 Å². The van der Waals surface area contributed by atoms with Crippen LogP contribution in [0.25, 0.3) is 21.8 Å². The lowest BCUT2D eigenvalue weighted by atomic mass is 10.1. The fourth-order valence-corrected chi connectivity index (χ4v) is 3.19. The number of nitrogens with zero attached hydrogens (tertiary/aromatic N) is 1. The first-order valence-corrected chi connectivity index (χ1v) is 8.33. The number of rotatable bonds is 2. The van der Waals surface area contributed by atoms with E-state index >= 15 is 0 Å². The standard InChI is InChI=1S/C19H17N3O4/c23-18-17-16(14(11-20-17)19(24)25)13-10-12(3-4-15(13)21-18)2-1-5-22-6-8-26-9-7-22/h3-4,10-11,20H,5-9H2,(H,21,23)(H,24,25). The number of fused-ring (bicyclic) bond motifs is 3. The molecule has 3 aromatic rings. The molecule has 1 aromatic carbocycles. The smallest absolute Gasteiger partial charge is 0.337 e. The van der Waals surface area contributed by atoms with Gasteiger partial charge in [0.2, 0.25) is 0 Å². The number of ether oxygens (including phenoxy) is 1. The molecule has 26 heavy (non-hydrogen) atoms. The summed E-state index contributed by atoms with van der Waals surface area (Å²) in [4.78, 5) is 31.4. The Morgan fingerprint density at radius 1 is 1.31 bits per heavy atom. The van der Waals surface area contributed by atoms with E-state index in [0.29, 0.717) is 22.8 Å². The van der Waals surface area contributed by atoms with Crippen LogP contribution in [0.4, 0.5) is 0 Å². The van der Waals surface area contributed by atoms with Crippen LogP contribution in [0.5, 0.6) is 0 Å². The second-order valence-corrected chi connectivity index (χ2v) is 6.16. The van der Waals surface area contributed by atoms with Gasteiger partial charge in [-0.15, -0.1) is 0 Å². The molecule has 0 bridgehead atoms. The van der Waals surface area contributed by atoms with Crippen LogP contribution in [-0.2, 0) is 4.74 Å². The average Bonchev–Trinajstić information content (AvgIpc) is 3.09. The van der Waals surface area contributed by atoms with Crippen molar-refractivity contribution in [2.24, 2.45) is 0 Å². The lowest BCUT2D eigenvalue weighted by molar-refractivity contribution is 0.0443. The lowest BCUT2D eigenvalue weighted by Gasteiger charge is -2.24. The number of H-pyrrole nitrogens is 2. The fraction of sp³-hybridized carbons (Fsp3) is 0.263. The summed E-state index contributed by atoms with van der Waals surface area (Å²) in [5, 5.41) is 10.5. The number of morpholine rings is 1. The van der Waals surface area contributed by atoms with Crippen LogP contribution in [0.3, 0.4) is 0 Å². The Bertz CT molecular complexity index is 1110. The molecule has 0 atom stereocenters. The summed E-state index contributed by atoms with van der Waals surface area (Å²) in [5.41, 5.74) is 1.36. The third kappa shape index (κ3) is 2.96. The van der Waals surface area contributed by atoms with Crippen LogP contribution < -0.4 is 5.56 Å². The number of carbonyl (C=O) groups is 1. The first kappa shape index (κ1) is 16.4. The van der Waals surface area contributed by atoms with E-state index in [4.69, 9.17) is 4.74 Å². The van der Waals surface area contributed by atoms with Crippen molar-refractivity contribution in [1.29, 1.82) is 0 Å². The van der Waals surface area contributed by atoms with E-state index in [0.717, 1.165) is 31.9 Å². The highest BCUT2D eigenvalue weighted by Gasteiger charge is 2.16. The number of carboxylic acid groups (broad SMARTS) is 1. The molecule has 0 saturated carbocycles. The quantitative estimate of drug-likeness (QED) is 0.606.